The molecule has 1 atom stereocenters. The smallest absolute Gasteiger partial charge is 0.248 e. The number of thioether (sulfide) groups is 1. The third-order valence-electron chi connectivity index (χ3n) is 2.75. The summed E-state index contributed by atoms with van der Waals surface area (Å²) >= 11 is 1.62. The number of hydrogen-bond acceptors (Lipinski definition) is 4. The minimum absolute atomic E-state index is 0.302. The zero-order valence-electron chi connectivity index (χ0n) is 9.52. The molecule has 0 spiro atoms. The number of nitrogen functional groups attached to an aromatic ring is 1. The number of hydrogen-bond donors (Lipinski definition) is 2. The van der Waals surface area contributed by atoms with Crippen molar-refractivity contribution in [3.05, 3.63) is 23.8 Å². The third kappa shape index (κ3) is 3.14. The molecule has 4 nitrogen and oxygen atoms in total. The van der Waals surface area contributed by atoms with Crippen LogP contribution in [0.4, 0.5) is 5.69 Å². The first-order valence-electron chi connectivity index (χ1n) is 5.60. The summed E-state index contributed by atoms with van der Waals surface area (Å²) in [6, 6.07) is 5.11. The summed E-state index contributed by atoms with van der Waals surface area (Å²) in [7, 11) is 0. The van der Waals surface area contributed by atoms with Crippen LogP contribution < -0.4 is 11.5 Å². The second-order valence-corrected chi connectivity index (χ2v) is 5.12. The maximum Gasteiger partial charge on any atom is 0.248 e. The van der Waals surface area contributed by atoms with Gasteiger partial charge < -0.3 is 16.2 Å². The molecule has 0 aromatic heterocycles. The van der Waals surface area contributed by atoms with Crippen LogP contribution in [0.15, 0.2) is 23.1 Å². The predicted molar refractivity (Wildman–Crippen MR) is 69.1 cm³/mol. The SMILES string of the molecule is NC(=O)c1ccc(N)c(SCC2CCCO2)c1. The van der Waals surface area contributed by atoms with Gasteiger partial charge in [-0.2, -0.15) is 0 Å². The number of nitrogens with two attached hydrogens (primary N) is 2. The number of rotatable bonds is 4. The van der Waals surface area contributed by atoms with Crippen molar-refractivity contribution in [3.63, 3.8) is 0 Å². The highest BCUT2D eigenvalue weighted by Gasteiger charge is 2.16. The molecule has 0 saturated carbocycles. The van der Waals surface area contributed by atoms with Gasteiger partial charge in [0.05, 0.1) is 6.10 Å². The first kappa shape index (κ1) is 12.3. The van der Waals surface area contributed by atoms with Crippen LogP contribution in [-0.4, -0.2) is 24.4 Å². The van der Waals surface area contributed by atoms with Crippen molar-refractivity contribution >= 4 is 23.4 Å². The van der Waals surface area contributed by atoms with Crippen LogP contribution in [0.25, 0.3) is 0 Å². The first-order chi connectivity index (χ1) is 8.16. The highest BCUT2D eigenvalue weighted by atomic mass is 32.2. The zero-order chi connectivity index (χ0) is 12.3. The van der Waals surface area contributed by atoms with Crippen LogP contribution in [-0.2, 0) is 4.74 Å². The molecule has 4 N–H and O–H groups in total. The van der Waals surface area contributed by atoms with Gasteiger partial charge in [0.25, 0.3) is 0 Å². The summed E-state index contributed by atoms with van der Waals surface area (Å²) < 4.78 is 5.54. The molecule has 1 amide bonds. The molecular weight excluding hydrogens is 236 g/mol. The van der Waals surface area contributed by atoms with Gasteiger partial charge >= 0.3 is 0 Å². The van der Waals surface area contributed by atoms with Gasteiger partial charge in [-0.25, -0.2) is 0 Å². The molecule has 1 fully saturated rings. The van der Waals surface area contributed by atoms with E-state index in [0.29, 0.717) is 17.4 Å². The van der Waals surface area contributed by atoms with Gasteiger partial charge in [-0.05, 0) is 31.0 Å². The van der Waals surface area contributed by atoms with Crippen LogP contribution in [0.3, 0.4) is 0 Å². The molecule has 0 radical (unpaired) electrons. The van der Waals surface area contributed by atoms with Gasteiger partial charge in [0.2, 0.25) is 5.91 Å². The summed E-state index contributed by atoms with van der Waals surface area (Å²) in [6.45, 7) is 0.849. The fraction of sp³-hybridized carbons (Fsp3) is 0.417. The quantitative estimate of drug-likeness (QED) is 0.630. The van der Waals surface area contributed by atoms with Crippen LogP contribution in [0.1, 0.15) is 23.2 Å². The van der Waals surface area contributed by atoms with Gasteiger partial charge in [-0.1, -0.05) is 0 Å². The fourth-order valence-corrected chi connectivity index (χ4v) is 2.84. The van der Waals surface area contributed by atoms with Crippen molar-refractivity contribution in [3.8, 4) is 0 Å². The van der Waals surface area contributed by atoms with Crippen LogP contribution in [0, 0.1) is 0 Å². The van der Waals surface area contributed by atoms with Crippen molar-refractivity contribution in [2.75, 3.05) is 18.1 Å². The molecule has 1 saturated heterocycles. The Labute approximate surface area is 105 Å². The first-order valence-corrected chi connectivity index (χ1v) is 6.59. The Balaban J connectivity index is 2.03. The Kier molecular flexibility index (Phi) is 3.91. The Hall–Kier alpha value is -1.20. The van der Waals surface area contributed by atoms with E-state index in [-0.39, 0.29) is 0 Å². The van der Waals surface area contributed by atoms with Crippen LogP contribution in [0.5, 0.6) is 0 Å². The van der Waals surface area contributed by atoms with Gasteiger partial charge in [0.1, 0.15) is 0 Å². The molecule has 1 aromatic carbocycles. The Morgan fingerprint density at radius 1 is 1.53 bits per heavy atom. The topological polar surface area (TPSA) is 78.3 Å². The van der Waals surface area contributed by atoms with E-state index in [9.17, 15) is 4.79 Å². The number of carbonyl (C=O) groups is 1. The highest BCUT2D eigenvalue weighted by molar-refractivity contribution is 7.99. The maximum absolute atomic E-state index is 11.1. The van der Waals surface area contributed by atoms with Crippen molar-refractivity contribution in [1.29, 1.82) is 0 Å². The normalized spacial score (nSPS) is 19.4. The number of amides is 1. The van der Waals surface area contributed by atoms with Gasteiger partial charge in [-0.15, -0.1) is 11.8 Å². The molecule has 0 bridgehead atoms. The number of benzene rings is 1. The second-order valence-electron chi connectivity index (χ2n) is 4.06. The number of carbonyl (C=O) groups excluding carboxylic acids is 1. The molecule has 5 heteroatoms. The summed E-state index contributed by atoms with van der Waals surface area (Å²) in [5.41, 5.74) is 12.3. The Morgan fingerprint density at radius 2 is 2.35 bits per heavy atom. The zero-order valence-corrected chi connectivity index (χ0v) is 10.3. The van der Waals surface area contributed by atoms with E-state index in [1.165, 1.54) is 0 Å². The van der Waals surface area contributed by atoms with Crippen LogP contribution >= 0.6 is 11.8 Å². The van der Waals surface area contributed by atoms with E-state index in [0.717, 1.165) is 30.1 Å². The van der Waals surface area contributed by atoms with E-state index < -0.39 is 5.91 Å². The predicted octanol–water partition coefficient (Wildman–Crippen LogP) is 1.64. The average Bonchev–Trinajstić information content (AvgIpc) is 2.80. The Bertz CT molecular complexity index is 417. The van der Waals surface area contributed by atoms with Gasteiger partial charge in [0.15, 0.2) is 0 Å². The highest BCUT2D eigenvalue weighted by Crippen LogP contribution is 2.29. The number of ether oxygens (including phenoxy) is 1. The molecule has 0 aliphatic carbocycles. The van der Waals surface area contributed by atoms with Crippen LogP contribution in [0.2, 0.25) is 0 Å². The molecule has 1 heterocycles. The lowest BCUT2D eigenvalue weighted by Gasteiger charge is -2.10. The van der Waals surface area contributed by atoms with Crippen molar-refractivity contribution in [1.82, 2.24) is 0 Å². The van der Waals surface area contributed by atoms with E-state index in [1.54, 1.807) is 30.0 Å². The van der Waals surface area contributed by atoms with Crippen molar-refractivity contribution in [2.45, 2.75) is 23.8 Å². The minimum Gasteiger partial charge on any atom is -0.398 e. The van der Waals surface area contributed by atoms with E-state index in [1.807, 2.05) is 0 Å². The molecule has 1 unspecified atom stereocenters. The number of anilines is 1. The maximum atomic E-state index is 11.1. The molecule has 1 aliphatic heterocycles. The molecule has 17 heavy (non-hydrogen) atoms. The van der Waals surface area contributed by atoms with E-state index >= 15 is 0 Å². The molecular formula is C12H16N2O2S. The summed E-state index contributed by atoms with van der Waals surface area (Å²) in [6.07, 6.45) is 2.53. The Morgan fingerprint density at radius 3 is 3.00 bits per heavy atom. The fourth-order valence-electron chi connectivity index (χ4n) is 1.77. The lowest BCUT2D eigenvalue weighted by molar-refractivity contribution is 0.1000. The standard InChI is InChI=1S/C12H16N2O2S/c13-10-4-3-8(12(14)15)6-11(10)17-7-9-2-1-5-16-9/h3-4,6,9H,1-2,5,7,13H2,(H2,14,15). The molecule has 1 aromatic rings. The third-order valence-corrected chi connectivity index (χ3v) is 3.95. The largest absolute Gasteiger partial charge is 0.398 e. The second kappa shape index (κ2) is 5.42. The lowest BCUT2D eigenvalue weighted by atomic mass is 10.2. The summed E-state index contributed by atoms with van der Waals surface area (Å²) in [5, 5.41) is 0. The molecule has 1 aliphatic rings. The van der Waals surface area contributed by atoms with Gasteiger partial charge in [-0.3, -0.25) is 4.79 Å². The summed E-state index contributed by atoms with van der Waals surface area (Å²) in [4.78, 5) is 12.0. The van der Waals surface area contributed by atoms with E-state index in [4.69, 9.17) is 16.2 Å². The van der Waals surface area contributed by atoms with Crippen molar-refractivity contribution in [2.24, 2.45) is 5.73 Å². The molecule has 2 rings (SSSR count). The van der Waals surface area contributed by atoms with Gasteiger partial charge in [0, 0.05) is 28.5 Å². The average molecular weight is 252 g/mol. The number of primary amides is 1. The molecule has 92 valence electrons. The summed E-state index contributed by atoms with van der Waals surface area (Å²) in [5.74, 6) is 0.441. The van der Waals surface area contributed by atoms with Crippen molar-refractivity contribution < 1.29 is 9.53 Å². The lowest BCUT2D eigenvalue weighted by Crippen LogP contribution is -2.12. The minimum atomic E-state index is -0.427. The monoisotopic (exact) mass is 252 g/mol. The van der Waals surface area contributed by atoms with E-state index in [2.05, 4.69) is 0 Å².